The van der Waals surface area contributed by atoms with Crippen LogP contribution in [0.1, 0.15) is 54.5 Å². The Labute approximate surface area is 233 Å². The zero-order chi connectivity index (χ0) is 28.4. The number of amides is 1. The Morgan fingerprint density at radius 1 is 1.00 bits per heavy atom. The molecule has 5 rings (SSSR count). The van der Waals surface area contributed by atoms with Gasteiger partial charge < -0.3 is 19.6 Å². The number of H-pyrrole nitrogens is 1. The fourth-order valence-electron chi connectivity index (χ4n) is 4.95. The summed E-state index contributed by atoms with van der Waals surface area (Å²) in [5.74, 6) is -0.386. The fraction of sp³-hybridized carbons (Fsp3) is 0.281. The van der Waals surface area contributed by atoms with Crippen LogP contribution in [0, 0.1) is 13.8 Å². The van der Waals surface area contributed by atoms with Crippen molar-refractivity contribution in [2.75, 3.05) is 18.6 Å². The molecule has 0 spiro atoms. The molecular weight excluding hydrogens is 506 g/mol. The lowest BCUT2D eigenvalue weighted by atomic mass is 9.95. The average Bonchev–Trinajstić information content (AvgIpc) is 3.48. The van der Waals surface area contributed by atoms with Crippen molar-refractivity contribution in [2.24, 2.45) is 0 Å². The molecule has 0 radical (unpaired) electrons. The molecular formula is C32H33N3O5. The molecule has 4 aromatic rings. The van der Waals surface area contributed by atoms with Gasteiger partial charge in [0.1, 0.15) is 17.3 Å². The van der Waals surface area contributed by atoms with Crippen LogP contribution in [0.3, 0.4) is 0 Å². The molecule has 1 aliphatic rings. The van der Waals surface area contributed by atoms with Crippen LogP contribution in [0.4, 0.5) is 5.95 Å². The van der Waals surface area contributed by atoms with Gasteiger partial charge >= 0.3 is 5.91 Å². The van der Waals surface area contributed by atoms with Crippen LogP contribution in [0.5, 0.6) is 11.5 Å². The number of Topliss-reactive ketones (excluding diaryl/α,β-unsaturated/α-hetero) is 1. The Kier molecular flexibility index (Phi) is 7.60. The number of hydrogen-bond acceptors (Lipinski definition) is 6. The molecule has 3 aromatic carbocycles. The van der Waals surface area contributed by atoms with Gasteiger partial charge in [-0.1, -0.05) is 31.9 Å². The minimum absolute atomic E-state index is 0.0253. The van der Waals surface area contributed by atoms with E-state index in [4.69, 9.17) is 9.47 Å². The number of fused-ring (bicyclic) bond motifs is 1. The maximum Gasteiger partial charge on any atom is 0.302 e. The van der Waals surface area contributed by atoms with E-state index in [1.165, 1.54) is 4.90 Å². The molecule has 1 fully saturated rings. The van der Waals surface area contributed by atoms with E-state index in [1.54, 1.807) is 55.6 Å². The highest BCUT2D eigenvalue weighted by Crippen LogP contribution is 2.42. The largest absolute Gasteiger partial charge is 0.507 e. The SMILES string of the molecule is CCCCCOc1ccc(/C(O)=C2\C(=O)C(=O)N(c3nc4cc(C)c(C)cc4[nH]3)C2c2cccc(OC)c2)cc1. The van der Waals surface area contributed by atoms with E-state index in [9.17, 15) is 14.7 Å². The molecule has 1 aromatic heterocycles. The number of aryl methyl sites for hydroxylation is 2. The number of aromatic amines is 1. The number of carbonyl (C=O) groups is 2. The van der Waals surface area contributed by atoms with Gasteiger partial charge in [0.25, 0.3) is 5.78 Å². The third kappa shape index (κ3) is 5.04. The molecule has 1 saturated heterocycles. The van der Waals surface area contributed by atoms with Gasteiger partial charge in [-0.25, -0.2) is 4.98 Å². The molecule has 0 saturated carbocycles. The van der Waals surface area contributed by atoms with Gasteiger partial charge in [-0.3, -0.25) is 14.5 Å². The van der Waals surface area contributed by atoms with Crippen LogP contribution in [0.2, 0.25) is 0 Å². The van der Waals surface area contributed by atoms with Crippen LogP contribution in [-0.2, 0) is 9.59 Å². The first-order chi connectivity index (χ1) is 19.3. The third-order valence-electron chi connectivity index (χ3n) is 7.31. The number of aliphatic hydroxyl groups excluding tert-OH is 1. The number of anilines is 1. The number of rotatable bonds is 9. The van der Waals surface area contributed by atoms with Crippen molar-refractivity contribution in [3.8, 4) is 11.5 Å². The molecule has 2 heterocycles. The van der Waals surface area contributed by atoms with E-state index in [0.29, 0.717) is 34.7 Å². The molecule has 8 heteroatoms. The molecule has 2 N–H and O–H groups in total. The van der Waals surface area contributed by atoms with Gasteiger partial charge in [-0.05, 0) is 85.5 Å². The minimum Gasteiger partial charge on any atom is -0.507 e. The number of benzene rings is 3. The van der Waals surface area contributed by atoms with E-state index in [1.807, 2.05) is 26.0 Å². The number of carbonyl (C=O) groups excluding carboxylic acids is 2. The third-order valence-corrected chi connectivity index (χ3v) is 7.31. The Bertz CT molecular complexity index is 1560. The lowest BCUT2D eigenvalue weighted by Crippen LogP contribution is -2.30. The second kappa shape index (κ2) is 11.3. The topological polar surface area (TPSA) is 105 Å². The highest BCUT2D eigenvalue weighted by atomic mass is 16.5. The van der Waals surface area contributed by atoms with E-state index >= 15 is 0 Å². The number of aromatic nitrogens is 2. The Morgan fingerprint density at radius 2 is 1.75 bits per heavy atom. The van der Waals surface area contributed by atoms with Gasteiger partial charge in [0.2, 0.25) is 5.95 Å². The number of imidazole rings is 1. The molecule has 1 aliphatic heterocycles. The van der Waals surface area contributed by atoms with E-state index in [2.05, 4.69) is 16.9 Å². The first-order valence-corrected chi connectivity index (χ1v) is 13.5. The Hall–Kier alpha value is -4.59. The quantitative estimate of drug-likeness (QED) is 0.111. The summed E-state index contributed by atoms with van der Waals surface area (Å²) in [7, 11) is 1.55. The highest BCUT2D eigenvalue weighted by molar-refractivity contribution is 6.51. The van der Waals surface area contributed by atoms with Crippen molar-refractivity contribution >= 4 is 34.4 Å². The summed E-state index contributed by atoms with van der Waals surface area (Å²) in [6.07, 6.45) is 3.16. The zero-order valence-corrected chi connectivity index (χ0v) is 23.2. The summed E-state index contributed by atoms with van der Waals surface area (Å²) in [5.41, 5.74) is 4.55. The standard InChI is InChI=1S/C32H33N3O5/c1-5-6-7-15-40-23-13-11-21(12-14-23)29(36)27-28(22-9-8-10-24(18-22)39-4)35(31(38)30(27)37)32-33-25-16-19(2)20(3)17-26(25)34-32/h8-14,16-18,28,36H,5-7,15H2,1-4H3,(H,33,34)/b29-27+. The number of unbranched alkanes of at least 4 members (excludes halogenated alkanes) is 2. The Balaban J connectivity index is 1.60. The predicted molar refractivity (Wildman–Crippen MR) is 155 cm³/mol. The number of ether oxygens (including phenoxy) is 2. The zero-order valence-electron chi connectivity index (χ0n) is 23.2. The minimum atomic E-state index is -0.928. The predicted octanol–water partition coefficient (Wildman–Crippen LogP) is 6.38. The van der Waals surface area contributed by atoms with Gasteiger partial charge in [-0.15, -0.1) is 0 Å². The number of nitrogens with zero attached hydrogens (tertiary/aromatic N) is 2. The van der Waals surface area contributed by atoms with E-state index in [-0.39, 0.29) is 17.3 Å². The first kappa shape index (κ1) is 27.0. The summed E-state index contributed by atoms with van der Waals surface area (Å²) in [6.45, 7) is 6.74. The summed E-state index contributed by atoms with van der Waals surface area (Å²) >= 11 is 0. The Morgan fingerprint density at radius 3 is 2.48 bits per heavy atom. The number of methoxy groups -OCH3 is 1. The van der Waals surface area contributed by atoms with Gasteiger partial charge in [0.15, 0.2) is 0 Å². The van der Waals surface area contributed by atoms with Crippen LogP contribution < -0.4 is 14.4 Å². The normalized spacial score (nSPS) is 16.6. The number of ketones is 1. The maximum atomic E-state index is 13.5. The van der Waals surface area contributed by atoms with Gasteiger partial charge in [0.05, 0.1) is 36.4 Å². The van der Waals surface area contributed by atoms with E-state index < -0.39 is 17.7 Å². The summed E-state index contributed by atoms with van der Waals surface area (Å²) < 4.78 is 11.2. The molecule has 8 nitrogen and oxygen atoms in total. The van der Waals surface area contributed by atoms with Crippen molar-refractivity contribution in [1.29, 1.82) is 0 Å². The van der Waals surface area contributed by atoms with Crippen LogP contribution >= 0.6 is 0 Å². The van der Waals surface area contributed by atoms with Crippen molar-refractivity contribution < 1.29 is 24.2 Å². The molecule has 1 unspecified atom stereocenters. The number of nitrogens with one attached hydrogen (secondary N) is 1. The monoisotopic (exact) mass is 539 g/mol. The fourth-order valence-corrected chi connectivity index (χ4v) is 4.95. The summed E-state index contributed by atoms with van der Waals surface area (Å²) in [6, 6.07) is 17.0. The van der Waals surface area contributed by atoms with Crippen molar-refractivity contribution in [3.05, 3.63) is 88.5 Å². The maximum absolute atomic E-state index is 13.5. The van der Waals surface area contributed by atoms with Crippen LogP contribution in [-0.4, -0.2) is 40.5 Å². The molecule has 1 amide bonds. The van der Waals surface area contributed by atoms with Crippen LogP contribution in [0.25, 0.3) is 16.8 Å². The molecule has 40 heavy (non-hydrogen) atoms. The van der Waals surface area contributed by atoms with Gasteiger partial charge in [-0.2, -0.15) is 0 Å². The van der Waals surface area contributed by atoms with E-state index in [0.717, 1.165) is 35.9 Å². The average molecular weight is 540 g/mol. The summed E-state index contributed by atoms with van der Waals surface area (Å²) in [5, 5.41) is 11.5. The molecule has 0 aliphatic carbocycles. The van der Waals surface area contributed by atoms with Crippen molar-refractivity contribution in [3.63, 3.8) is 0 Å². The van der Waals surface area contributed by atoms with Crippen molar-refractivity contribution in [1.82, 2.24) is 9.97 Å². The number of hydrogen-bond donors (Lipinski definition) is 2. The number of aliphatic hydroxyl groups is 1. The first-order valence-electron chi connectivity index (χ1n) is 13.5. The molecule has 206 valence electrons. The van der Waals surface area contributed by atoms with Crippen molar-refractivity contribution in [2.45, 2.75) is 46.1 Å². The second-order valence-corrected chi connectivity index (χ2v) is 10.0. The van der Waals surface area contributed by atoms with Crippen LogP contribution in [0.15, 0.2) is 66.2 Å². The van der Waals surface area contributed by atoms with Gasteiger partial charge in [0, 0.05) is 5.56 Å². The smallest absolute Gasteiger partial charge is 0.302 e. The summed E-state index contributed by atoms with van der Waals surface area (Å²) in [4.78, 5) is 36.3. The highest BCUT2D eigenvalue weighted by Gasteiger charge is 2.48. The lowest BCUT2D eigenvalue weighted by molar-refractivity contribution is -0.132. The molecule has 0 bridgehead atoms. The molecule has 1 atom stereocenters. The lowest BCUT2D eigenvalue weighted by Gasteiger charge is -2.23. The second-order valence-electron chi connectivity index (χ2n) is 10.0.